The van der Waals surface area contributed by atoms with Crippen molar-refractivity contribution >= 4 is 5.69 Å². The SMILES string of the molecule is CNc1cccc(-c2ccc(C(C)(F)F)cc2)c1. The lowest BCUT2D eigenvalue weighted by Crippen LogP contribution is -2.06. The van der Waals surface area contributed by atoms with E-state index in [2.05, 4.69) is 5.32 Å². The van der Waals surface area contributed by atoms with E-state index in [1.54, 1.807) is 12.1 Å². The van der Waals surface area contributed by atoms with Crippen molar-refractivity contribution in [2.45, 2.75) is 12.8 Å². The second-order valence-electron chi connectivity index (χ2n) is 4.30. The summed E-state index contributed by atoms with van der Waals surface area (Å²) >= 11 is 0. The molecule has 0 saturated carbocycles. The van der Waals surface area contributed by atoms with Crippen molar-refractivity contribution in [3.05, 3.63) is 54.1 Å². The van der Waals surface area contributed by atoms with Crippen LogP contribution in [0, 0.1) is 0 Å². The molecule has 0 spiro atoms. The highest BCUT2D eigenvalue weighted by Gasteiger charge is 2.23. The number of benzene rings is 2. The molecule has 0 aliphatic rings. The molecule has 94 valence electrons. The zero-order chi connectivity index (χ0) is 13.2. The van der Waals surface area contributed by atoms with Crippen LogP contribution >= 0.6 is 0 Å². The Morgan fingerprint density at radius 3 is 2.17 bits per heavy atom. The maximum atomic E-state index is 13.1. The number of anilines is 1. The normalized spacial score (nSPS) is 11.3. The first-order valence-corrected chi connectivity index (χ1v) is 5.77. The number of hydrogen-bond acceptors (Lipinski definition) is 1. The van der Waals surface area contributed by atoms with Gasteiger partial charge in [-0.3, -0.25) is 0 Å². The van der Waals surface area contributed by atoms with Crippen LogP contribution in [-0.2, 0) is 5.92 Å². The molecule has 2 aromatic carbocycles. The second-order valence-corrected chi connectivity index (χ2v) is 4.30. The highest BCUT2D eigenvalue weighted by atomic mass is 19.3. The van der Waals surface area contributed by atoms with E-state index in [1.807, 2.05) is 31.3 Å². The summed E-state index contributed by atoms with van der Waals surface area (Å²) in [4.78, 5) is 0. The molecule has 1 N–H and O–H groups in total. The minimum atomic E-state index is -2.79. The molecule has 0 aliphatic carbocycles. The summed E-state index contributed by atoms with van der Waals surface area (Å²) in [6.07, 6.45) is 0. The fraction of sp³-hybridized carbons (Fsp3) is 0.200. The van der Waals surface area contributed by atoms with Crippen molar-refractivity contribution in [2.24, 2.45) is 0 Å². The molecule has 0 bridgehead atoms. The van der Waals surface area contributed by atoms with Gasteiger partial charge in [0.1, 0.15) is 0 Å². The number of nitrogens with one attached hydrogen (secondary N) is 1. The van der Waals surface area contributed by atoms with Crippen molar-refractivity contribution in [1.82, 2.24) is 0 Å². The third-order valence-corrected chi connectivity index (χ3v) is 2.88. The summed E-state index contributed by atoms with van der Waals surface area (Å²) in [5.41, 5.74) is 2.97. The third-order valence-electron chi connectivity index (χ3n) is 2.88. The molecule has 3 heteroatoms. The zero-order valence-electron chi connectivity index (χ0n) is 10.4. The molecule has 0 unspecified atom stereocenters. The van der Waals surface area contributed by atoms with E-state index < -0.39 is 5.92 Å². The van der Waals surface area contributed by atoms with Crippen molar-refractivity contribution in [3.63, 3.8) is 0 Å². The summed E-state index contributed by atoms with van der Waals surface area (Å²) in [5, 5.41) is 3.05. The molecule has 0 amide bonds. The van der Waals surface area contributed by atoms with Crippen LogP contribution < -0.4 is 5.32 Å². The lowest BCUT2D eigenvalue weighted by Gasteiger charge is -2.11. The standard InChI is InChI=1S/C15H15F2N/c1-15(16,17)13-8-6-11(7-9-13)12-4-3-5-14(10-12)18-2/h3-10,18H,1-2H3. The fourth-order valence-corrected chi connectivity index (χ4v) is 1.81. The Balaban J connectivity index is 2.34. The van der Waals surface area contributed by atoms with Gasteiger partial charge in [-0.05, 0) is 23.3 Å². The smallest absolute Gasteiger partial charge is 0.270 e. The van der Waals surface area contributed by atoms with Gasteiger partial charge in [0.05, 0.1) is 0 Å². The van der Waals surface area contributed by atoms with Crippen LogP contribution in [0.2, 0.25) is 0 Å². The first-order chi connectivity index (χ1) is 8.50. The highest BCUT2D eigenvalue weighted by Crippen LogP contribution is 2.29. The molecule has 0 atom stereocenters. The molecule has 0 radical (unpaired) electrons. The summed E-state index contributed by atoms with van der Waals surface area (Å²) in [7, 11) is 1.85. The predicted molar refractivity (Wildman–Crippen MR) is 71.0 cm³/mol. The number of alkyl halides is 2. The Hall–Kier alpha value is -1.90. The average molecular weight is 247 g/mol. The Bertz CT molecular complexity index is 527. The van der Waals surface area contributed by atoms with Gasteiger partial charge in [-0.15, -0.1) is 0 Å². The quantitative estimate of drug-likeness (QED) is 0.841. The second kappa shape index (κ2) is 4.77. The molecule has 0 fully saturated rings. The maximum absolute atomic E-state index is 13.1. The minimum Gasteiger partial charge on any atom is -0.388 e. The molecular weight excluding hydrogens is 232 g/mol. The van der Waals surface area contributed by atoms with Crippen molar-refractivity contribution in [1.29, 1.82) is 0 Å². The number of rotatable bonds is 3. The van der Waals surface area contributed by atoms with Gasteiger partial charge in [0, 0.05) is 25.2 Å². The number of hydrogen-bond donors (Lipinski definition) is 1. The zero-order valence-corrected chi connectivity index (χ0v) is 10.4. The molecule has 2 rings (SSSR count). The Kier molecular flexibility index (Phi) is 3.32. The number of halogens is 2. The minimum absolute atomic E-state index is 0.0380. The molecule has 0 aliphatic heterocycles. The molecule has 2 aromatic rings. The summed E-state index contributed by atoms with van der Waals surface area (Å²) in [6, 6.07) is 14.2. The summed E-state index contributed by atoms with van der Waals surface area (Å²) in [6.45, 7) is 0.906. The van der Waals surface area contributed by atoms with E-state index in [0.29, 0.717) is 0 Å². The fourth-order valence-electron chi connectivity index (χ4n) is 1.81. The Morgan fingerprint density at radius 2 is 1.61 bits per heavy atom. The first kappa shape index (κ1) is 12.6. The van der Waals surface area contributed by atoms with Crippen LogP contribution in [0.15, 0.2) is 48.5 Å². The molecule has 1 nitrogen and oxygen atoms in total. The van der Waals surface area contributed by atoms with E-state index >= 15 is 0 Å². The van der Waals surface area contributed by atoms with Gasteiger partial charge >= 0.3 is 0 Å². The summed E-state index contributed by atoms with van der Waals surface area (Å²) < 4.78 is 26.2. The van der Waals surface area contributed by atoms with Gasteiger partial charge in [-0.2, -0.15) is 0 Å². The first-order valence-electron chi connectivity index (χ1n) is 5.77. The lowest BCUT2D eigenvalue weighted by molar-refractivity contribution is 0.0175. The van der Waals surface area contributed by atoms with Crippen molar-refractivity contribution in [3.8, 4) is 11.1 Å². The van der Waals surface area contributed by atoms with Crippen molar-refractivity contribution in [2.75, 3.05) is 12.4 Å². The Labute approximate surface area is 105 Å². The van der Waals surface area contributed by atoms with Crippen LogP contribution in [0.5, 0.6) is 0 Å². The predicted octanol–water partition coefficient (Wildman–Crippen LogP) is 4.51. The molecule has 0 aromatic heterocycles. The summed E-state index contributed by atoms with van der Waals surface area (Å²) in [5.74, 6) is -2.79. The maximum Gasteiger partial charge on any atom is 0.270 e. The van der Waals surface area contributed by atoms with Crippen LogP contribution in [0.1, 0.15) is 12.5 Å². The van der Waals surface area contributed by atoms with E-state index in [1.165, 1.54) is 12.1 Å². The molecule has 18 heavy (non-hydrogen) atoms. The van der Waals surface area contributed by atoms with Gasteiger partial charge in [-0.25, -0.2) is 8.78 Å². The van der Waals surface area contributed by atoms with E-state index in [9.17, 15) is 8.78 Å². The highest BCUT2D eigenvalue weighted by molar-refractivity contribution is 5.68. The van der Waals surface area contributed by atoms with E-state index in [4.69, 9.17) is 0 Å². The van der Waals surface area contributed by atoms with E-state index in [0.717, 1.165) is 23.7 Å². The monoisotopic (exact) mass is 247 g/mol. The van der Waals surface area contributed by atoms with Crippen LogP contribution in [0.3, 0.4) is 0 Å². The average Bonchev–Trinajstić information content (AvgIpc) is 2.38. The van der Waals surface area contributed by atoms with Gasteiger partial charge in [0.25, 0.3) is 5.92 Å². The van der Waals surface area contributed by atoms with Gasteiger partial charge < -0.3 is 5.32 Å². The topological polar surface area (TPSA) is 12.0 Å². The van der Waals surface area contributed by atoms with Crippen LogP contribution in [-0.4, -0.2) is 7.05 Å². The van der Waals surface area contributed by atoms with Crippen LogP contribution in [0.25, 0.3) is 11.1 Å². The van der Waals surface area contributed by atoms with Gasteiger partial charge in [-0.1, -0.05) is 36.4 Å². The third kappa shape index (κ3) is 2.67. The lowest BCUT2D eigenvalue weighted by atomic mass is 10.0. The molecule has 0 saturated heterocycles. The Morgan fingerprint density at radius 1 is 0.944 bits per heavy atom. The molecule has 0 heterocycles. The van der Waals surface area contributed by atoms with Gasteiger partial charge in [0.2, 0.25) is 0 Å². The van der Waals surface area contributed by atoms with Crippen LogP contribution in [0.4, 0.5) is 14.5 Å². The van der Waals surface area contributed by atoms with Crippen molar-refractivity contribution < 1.29 is 8.78 Å². The van der Waals surface area contributed by atoms with E-state index in [-0.39, 0.29) is 5.56 Å². The molecular formula is C15H15F2N. The van der Waals surface area contributed by atoms with Gasteiger partial charge in [0.15, 0.2) is 0 Å². The largest absolute Gasteiger partial charge is 0.388 e.